The zero-order chi connectivity index (χ0) is 22.9. The highest BCUT2D eigenvalue weighted by Gasteiger charge is 2.22. The van der Waals surface area contributed by atoms with Gasteiger partial charge in [-0.15, -0.1) is 5.10 Å². The van der Waals surface area contributed by atoms with Gasteiger partial charge in [0, 0.05) is 52.4 Å². The number of rotatable bonds is 4. The van der Waals surface area contributed by atoms with Gasteiger partial charge in [-0.2, -0.15) is 0 Å². The second kappa shape index (κ2) is 8.43. The number of hydrogen-bond acceptors (Lipinski definition) is 7. The molecule has 0 radical (unpaired) electrons. The van der Waals surface area contributed by atoms with Gasteiger partial charge in [0.1, 0.15) is 6.33 Å². The number of aromatic nitrogens is 7. The third-order valence-corrected chi connectivity index (χ3v) is 6.11. The second-order valence-corrected chi connectivity index (χ2v) is 8.32. The molecule has 1 atom stereocenters. The van der Waals surface area contributed by atoms with E-state index >= 15 is 0 Å². The van der Waals surface area contributed by atoms with Crippen LogP contribution in [0.4, 0.5) is 0 Å². The summed E-state index contributed by atoms with van der Waals surface area (Å²) in [5.41, 5.74) is 6.39. The van der Waals surface area contributed by atoms with Crippen LogP contribution in [0.2, 0.25) is 0 Å². The van der Waals surface area contributed by atoms with E-state index in [9.17, 15) is 4.79 Å². The fraction of sp³-hybridized carbons (Fsp3) is 0.160. The van der Waals surface area contributed by atoms with E-state index < -0.39 is 0 Å². The monoisotopic (exact) mass is 448 g/mol. The van der Waals surface area contributed by atoms with Crippen molar-refractivity contribution in [2.24, 2.45) is 0 Å². The van der Waals surface area contributed by atoms with Crippen LogP contribution >= 0.6 is 0 Å². The van der Waals surface area contributed by atoms with Crippen molar-refractivity contribution in [1.29, 1.82) is 0 Å². The third-order valence-electron chi connectivity index (χ3n) is 6.11. The highest BCUT2D eigenvalue weighted by molar-refractivity contribution is 5.94. The molecule has 1 N–H and O–H groups in total. The number of nitrogens with one attached hydrogen (secondary N) is 1. The maximum Gasteiger partial charge on any atom is 0.251 e. The molecule has 0 spiro atoms. The molecule has 1 aliphatic rings. The number of tetrazole rings is 1. The number of aryl methyl sites for hydroxylation is 1. The Bertz CT molecular complexity index is 1470. The summed E-state index contributed by atoms with van der Waals surface area (Å²) in [7, 11) is 0. The maximum absolute atomic E-state index is 12.8. The molecule has 1 aliphatic carbocycles. The summed E-state index contributed by atoms with van der Waals surface area (Å²) in [5.74, 6) is -0.0917. The van der Waals surface area contributed by atoms with Crippen LogP contribution in [0.5, 0.6) is 0 Å². The Balaban J connectivity index is 1.19. The number of hydrogen-bond donors (Lipinski definition) is 1. The minimum Gasteiger partial charge on any atom is -0.349 e. The van der Waals surface area contributed by atoms with Crippen LogP contribution < -0.4 is 5.32 Å². The fourth-order valence-electron chi connectivity index (χ4n) is 4.34. The Morgan fingerprint density at radius 1 is 1.06 bits per heavy atom. The van der Waals surface area contributed by atoms with E-state index in [1.807, 2.05) is 36.7 Å². The topological polar surface area (TPSA) is 111 Å². The van der Waals surface area contributed by atoms with Crippen LogP contribution in [-0.2, 0) is 12.8 Å². The molecule has 1 amide bonds. The molecule has 0 unspecified atom stereocenters. The van der Waals surface area contributed by atoms with Crippen molar-refractivity contribution in [3.05, 3.63) is 90.3 Å². The minimum atomic E-state index is -0.0917. The molecule has 5 aromatic rings. The van der Waals surface area contributed by atoms with Gasteiger partial charge in [-0.3, -0.25) is 9.78 Å². The molecule has 0 fully saturated rings. The van der Waals surface area contributed by atoms with Crippen molar-refractivity contribution in [2.75, 3.05) is 0 Å². The van der Waals surface area contributed by atoms with Crippen LogP contribution in [0.1, 0.15) is 28.0 Å². The van der Waals surface area contributed by atoms with Gasteiger partial charge in [-0.25, -0.2) is 14.6 Å². The van der Waals surface area contributed by atoms with Crippen LogP contribution in [0.25, 0.3) is 27.8 Å². The van der Waals surface area contributed by atoms with Gasteiger partial charge in [0.2, 0.25) is 0 Å². The van der Waals surface area contributed by atoms with Crippen molar-refractivity contribution in [1.82, 2.24) is 40.5 Å². The number of carbonyl (C=O) groups is 1. The van der Waals surface area contributed by atoms with Crippen LogP contribution in [0.15, 0.2) is 73.4 Å². The Hall–Kier alpha value is -4.53. The number of amides is 1. The predicted octanol–water partition coefficient (Wildman–Crippen LogP) is 2.95. The lowest BCUT2D eigenvalue weighted by Crippen LogP contribution is -2.39. The number of benzene rings is 1. The average Bonchev–Trinajstić information content (AvgIpc) is 3.43. The quantitative estimate of drug-likeness (QED) is 0.450. The summed E-state index contributed by atoms with van der Waals surface area (Å²) in [6.45, 7) is 0. The normalized spacial score (nSPS) is 15.1. The molecule has 0 saturated heterocycles. The lowest BCUT2D eigenvalue weighted by Gasteiger charge is -2.25. The standard InChI is InChI=1S/C25H20N8O/c34-25(16-3-6-22(7-4-16)33-15-28-31-32-33)29-21-5-8-23-18(12-21)10-19-11-20(14-27-24(19)30-23)17-2-1-9-26-13-17/h1-4,6-7,9-11,13-15,21H,5,8,12H2,(H,29,34)/t21-/m1/s1. The van der Waals surface area contributed by atoms with E-state index in [0.29, 0.717) is 5.56 Å². The van der Waals surface area contributed by atoms with Crippen LogP contribution in [0.3, 0.4) is 0 Å². The van der Waals surface area contributed by atoms with E-state index in [4.69, 9.17) is 4.98 Å². The molecule has 166 valence electrons. The smallest absolute Gasteiger partial charge is 0.251 e. The highest BCUT2D eigenvalue weighted by atomic mass is 16.1. The third kappa shape index (κ3) is 3.88. The summed E-state index contributed by atoms with van der Waals surface area (Å²) in [6.07, 6.45) is 9.33. The molecular formula is C25H20N8O. The fourth-order valence-corrected chi connectivity index (χ4v) is 4.34. The Morgan fingerprint density at radius 3 is 2.76 bits per heavy atom. The number of fused-ring (bicyclic) bond motifs is 2. The maximum atomic E-state index is 12.8. The SMILES string of the molecule is O=C(N[C@@H]1CCc2nc3ncc(-c4cccnc4)cc3cc2C1)c1ccc(-n2cnnn2)cc1. The van der Waals surface area contributed by atoms with Gasteiger partial charge in [0.25, 0.3) is 5.91 Å². The minimum absolute atomic E-state index is 0.0490. The summed E-state index contributed by atoms with van der Waals surface area (Å²) >= 11 is 0. The van der Waals surface area contributed by atoms with E-state index in [2.05, 4.69) is 42.9 Å². The molecule has 4 aromatic heterocycles. The average molecular weight is 448 g/mol. The largest absolute Gasteiger partial charge is 0.349 e. The Labute approximate surface area is 194 Å². The molecule has 0 aliphatic heterocycles. The van der Waals surface area contributed by atoms with Crippen LogP contribution in [-0.4, -0.2) is 47.1 Å². The van der Waals surface area contributed by atoms with Gasteiger partial charge in [-0.05, 0) is 77.7 Å². The van der Waals surface area contributed by atoms with Crippen molar-refractivity contribution in [3.8, 4) is 16.8 Å². The van der Waals surface area contributed by atoms with Crippen molar-refractivity contribution in [3.63, 3.8) is 0 Å². The first-order chi connectivity index (χ1) is 16.7. The predicted molar refractivity (Wildman–Crippen MR) is 125 cm³/mol. The summed E-state index contributed by atoms with van der Waals surface area (Å²) in [6, 6.07) is 15.4. The number of pyridine rings is 3. The second-order valence-electron chi connectivity index (χ2n) is 8.32. The number of carbonyl (C=O) groups excluding carboxylic acids is 1. The summed E-state index contributed by atoms with van der Waals surface area (Å²) in [5, 5.41) is 15.3. The van der Waals surface area contributed by atoms with Gasteiger partial charge in [0.15, 0.2) is 5.65 Å². The Morgan fingerprint density at radius 2 is 1.97 bits per heavy atom. The molecule has 1 aromatic carbocycles. The molecule has 0 bridgehead atoms. The van der Waals surface area contributed by atoms with Crippen molar-refractivity contribution >= 4 is 16.9 Å². The molecule has 9 heteroatoms. The first-order valence-corrected chi connectivity index (χ1v) is 11.1. The van der Waals surface area contributed by atoms with E-state index in [1.165, 1.54) is 6.33 Å². The molecule has 4 heterocycles. The van der Waals surface area contributed by atoms with Gasteiger partial charge < -0.3 is 5.32 Å². The number of nitrogens with zero attached hydrogens (tertiary/aromatic N) is 7. The first kappa shape index (κ1) is 20.1. The molecule has 34 heavy (non-hydrogen) atoms. The lowest BCUT2D eigenvalue weighted by atomic mass is 9.90. The summed E-state index contributed by atoms with van der Waals surface area (Å²) < 4.78 is 1.55. The van der Waals surface area contributed by atoms with Gasteiger partial charge >= 0.3 is 0 Å². The zero-order valence-electron chi connectivity index (χ0n) is 18.2. The van der Waals surface area contributed by atoms with E-state index in [-0.39, 0.29) is 11.9 Å². The van der Waals surface area contributed by atoms with E-state index in [0.717, 1.165) is 58.4 Å². The van der Waals surface area contributed by atoms with E-state index in [1.54, 1.807) is 23.0 Å². The lowest BCUT2D eigenvalue weighted by molar-refractivity contribution is 0.0933. The van der Waals surface area contributed by atoms with Crippen LogP contribution in [0, 0.1) is 0 Å². The highest BCUT2D eigenvalue weighted by Crippen LogP contribution is 2.27. The van der Waals surface area contributed by atoms with Gasteiger partial charge in [0.05, 0.1) is 5.69 Å². The summed E-state index contributed by atoms with van der Waals surface area (Å²) in [4.78, 5) is 26.4. The zero-order valence-corrected chi connectivity index (χ0v) is 18.2. The molecule has 0 saturated carbocycles. The van der Waals surface area contributed by atoms with Crippen molar-refractivity contribution in [2.45, 2.75) is 25.3 Å². The Kier molecular flexibility index (Phi) is 4.99. The molecule has 9 nitrogen and oxygen atoms in total. The molecule has 6 rings (SSSR count). The van der Waals surface area contributed by atoms with Gasteiger partial charge in [-0.1, -0.05) is 6.07 Å². The molecular weight excluding hydrogens is 428 g/mol. The first-order valence-electron chi connectivity index (χ1n) is 11.1. The van der Waals surface area contributed by atoms with Crippen molar-refractivity contribution < 1.29 is 4.79 Å².